The van der Waals surface area contributed by atoms with Crippen LogP contribution in [-0.4, -0.2) is 32.2 Å². The van der Waals surface area contributed by atoms with Crippen molar-refractivity contribution in [3.63, 3.8) is 0 Å². The van der Waals surface area contributed by atoms with E-state index in [0.717, 1.165) is 17.3 Å². The van der Waals surface area contributed by atoms with Gasteiger partial charge in [0.15, 0.2) is 5.12 Å². The van der Waals surface area contributed by atoms with E-state index >= 15 is 0 Å². The standard InChI is InChI=1S/C12H16ClNO3S/c1-7-5-9(12(13)14-6-7)11(17)10(16)3-4-18-8(2)15/h5-6,10-11,16-17H,3-4H2,1-2H3. The normalized spacial score (nSPS) is 14.3. The molecular weight excluding hydrogens is 274 g/mol. The average molecular weight is 290 g/mol. The van der Waals surface area contributed by atoms with Gasteiger partial charge in [-0.2, -0.15) is 0 Å². The van der Waals surface area contributed by atoms with E-state index in [1.54, 1.807) is 12.3 Å². The summed E-state index contributed by atoms with van der Waals surface area (Å²) in [5.41, 5.74) is 1.27. The number of hydrogen-bond acceptors (Lipinski definition) is 5. The van der Waals surface area contributed by atoms with Crippen LogP contribution in [0.2, 0.25) is 5.15 Å². The molecule has 1 aromatic heterocycles. The second-order valence-electron chi connectivity index (χ2n) is 4.03. The number of halogens is 1. The summed E-state index contributed by atoms with van der Waals surface area (Å²) >= 11 is 7.00. The lowest BCUT2D eigenvalue weighted by Crippen LogP contribution is -2.20. The van der Waals surface area contributed by atoms with Crippen molar-refractivity contribution < 1.29 is 15.0 Å². The van der Waals surface area contributed by atoms with E-state index in [1.807, 2.05) is 6.92 Å². The van der Waals surface area contributed by atoms with E-state index in [4.69, 9.17) is 11.6 Å². The Morgan fingerprint density at radius 3 is 2.83 bits per heavy atom. The Hall–Kier alpha value is -0.620. The summed E-state index contributed by atoms with van der Waals surface area (Å²) < 4.78 is 0. The maximum Gasteiger partial charge on any atom is 0.185 e. The van der Waals surface area contributed by atoms with Crippen LogP contribution >= 0.6 is 23.4 Å². The van der Waals surface area contributed by atoms with Gasteiger partial charge in [-0.25, -0.2) is 4.98 Å². The molecule has 0 bridgehead atoms. The van der Waals surface area contributed by atoms with Crippen LogP contribution in [0.5, 0.6) is 0 Å². The third kappa shape index (κ3) is 4.57. The Bertz CT molecular complexity index is 428. The van der Waals surface area contributed by atoms with Crippen LogP contribution in [0.25, 0.3) is 0 Å². The molecule has 1 aromatic rings. The predicted octanol–water partition coefficient (Wildman–Crippen LogP) is 2.11. The van der Waals surface area contributed by atoms with Crippen LogP contribution in [0.1, 0.15) is 30.6 Å². The number of aryl methyl sites for hydroxylation is 1. The molecule has 0 radical (unpaired) electrons. The summed E-state index contributed by atoms with van der Waals surface area (Å²) in [5, 5.41) is 20.0. The molecular formula is C12H16ClNO3S. The zero-order valence-corrected chi connectivity index (χ0v) is 11.8. The summed E-state index contributed by atoms with van der Waals surface area (Å²) in [6, 6.07) is 1.70. The van der Waals surface area contributed by atoms with Crippen molar-refractivity contribution in [1.82, 2.24) is 4.98 Å². The molecule has 0 saturated heterocycles. The number of hydrogen-bond donors (Lipinski definition) is 2. The molecule has 0 fully saturated rings. The monoisotopic (exact) mass is 289 g/mol. The molecule has 0 saturated carbocycles. The van der Waals surface area contributed by atoms with Crippen LogP contribution in [0.3, 0.4) is 0 Å². The van der Waals surface area contributed by atoms with Crippen molar-refractivity contribution >= 4 is 28.5 Å². The molecule has 1 rings (SSSR count). The van der Waals surface area contributed by atoms with Crippen molar-refractivity contribution in [3.05, 3.63) is 28.5 Å². The van der Waals surface area contributed by atoms with Gasteiger partial charge in [-0.15, -0.1) is 0 Å². The fourth-order valence-electron chi connectivity index (χ4n) is 1.47. The molecule has 100 valence electrons. The van der Waals surface area contributed by atoms with Gasteiger partial charge in [0.1, 0.15) is 11.3 Å². The lowest BCUT2D eigenvalue weighted by Gasteiger charge is -2.18. The molecule has 0 aliphatic carbocycles. The number of carbonyl (C=O) groups is 1. The quantitative estimate of drug-likeness (QED) is 0.813. The number of thioether (sulfide) groups is 1. The molecule has 6 heteroatoms. The summed E-state index contributed by atoms with van der Waals surface area (Å²) in [4.78, 5) is 14.7. The molecule has 18 heavy (non-hydrogen) atoms. The summed E-state index contributed by atoms with van der Waals surface area (Å²) in [6.45, 7) is 3.30. The fraction of sp³-hybridized carbons (Fsp3) is 0.500. The van der Waals surface area contributed by atoms with Crippen LogP contribution in [0.15, 0.2) is 12.3 Å². The van der Waals surface area contributed by atoms with E-state index < -0.39 is 12.2 Å². The van der Waals surface area contributed by atoms with E-state index in [2.05, 4.69) is 4.98 Å². The van der Waals surface area contributed by atoms with Crippen molar-refractivity contribution in [2.75, 3.05) is 5.75 Å². The Morgan fingerprint density at radius 1 is 1.56 bits per heavy atom. The number of pyridine rings is 1. The van der Waals surface area contributed by atoms with Gasteiger partial charge in [-0.1, -0.05) is 23.4 Å². The van der Waals surface area contributed by atoms with Crippen LogP contribution in [0, 0.1) is 6.92 Å². The van der Waals surface area contributed by atoms with Gasteiger partial charge >= 0.3 is 0 Å². The molecule has 0 spiro atoms. The van der Waals surface area contributed by atoms with E-state index in [-0.39, 0.29) is 10.3 Å². The zero-order chi connectivity index (χ0) is 13.7. The highest BCUT2D eigenvalue weighted by Gasteiger charge is 2.21. The lowest BCUT2D eigenvalue weighted by molar-refractivity contribution is -0.109. The predicted molar refractivity (Wildman–Crippen MR) is 72.7 cm³/mol. The third-order valence-electron chi connectivity index (χ3n) is 2.40. The van der Waals surface area contributed by atoms with E-state index in [1.165, 1.54) is 6.92 Å². The summed E-state index contributed by atoms with van der Waals surface area (Å²) in [7, 11) is 0. The first-order chi connectivity index (χ1) is 8.41. The number of aliphatic hydroxyl groups excluding tert-OH is 2. The second-order valence-corrected chi connectivity index (χ2v) is 5.66. The van der Waals surface area contributed by atoms with Crippen LogP contribution in [0.4, 0.5) is 0 Å². The number of rotatable bonds is 5. The zero-order valence-electron chi connectivity index (χ0n) is 10.3. The van der Waals surface area contributed by atoms with Gasteiger partial charge in [0.05, 0.1) is 6.10 Å². The van der Waals surface area contributed by atoms with Gasteiger partial charge in [0.2, 0.25) is 0 Å². The minimum atomic E-state index is -1.09. The lowest BCUT2D eigenvalue weighted by atomic mass is 10.0. The number of aliphatic hydroxyl groups is 2. The Balaban J connectivity index is 2.64. The van der Waals surface area contributed by atoms with Crippen molar-refractivity contribution in [1.29, 1.82) is 0 Å². The first-order valence-corrected chi connectivity index (χ1v) is 6.89. The second kappa shape index (κ2) is 7.09. The minimum Gasteiger partial charge on any atom is -0.390 e. The highest BCUT2D eigenvalue weighted by molar-refractivity contribution is 8.13. The molecule has 0 aliphatic heterocycles. The summed E-state index contributed by atoms with van der Waals surface area (Å²) in [5.74, 6) is 0.463. The van der Waals surface area contributed by atoms with Crippen LogP contribution in [-0.2, 0) is 4.79 Å². The Morgan fingerprint density at radius 2 is 2.22 bits per heavy atom. The molecule has 0 aliphatic rings. The number of nitrogens with zero attached hydrogens (tertiary/aromatic N) is 1. The first-order valence-electron chi connectivity index (χ1n) is 5.53. The van der Waals surface area contributed by atoms with E-state index in [9.17, 15) is 15.0 Å². The van der Waals surface area contributed by atoms with Crippen molar-refractivity contribution in [2.24, 2.45) is 0 Å². The molecule has 4 nitrogen and oxygen atoms in total. The third-order valence-corrected chi connectivity index (χ3v) is 3.57. The maximum absolute atomic E-state index is 10.8. The molecule has 0 amide bonds. The molecule has 1 heterocycles. The maximum atomic E-state index is 10.8. The highest BCUT2D eigenvalue weighted by Crippen LogP contribution is 2.26. The fourth-order valence-corrected chi connectivity index (χ4v) is 2.33. The Kier molecular flexibility index (Phi) is 6.08. The molecule has 2 unspecified atom stereocenters. The topological polar surface area (TPSA) is 70.4 Å². The SMILES string of the molecule is CC(=O)SCCC(O)C(O)c1cc(C)cnc1Cl. The molecule has 0 aromatic carbocycles. The van der Waals surface area contributed by atoms with Crippen molar-refractivity contribution in [2.45, 2.75) is 32.5 Å². The molecule has 2 atom stereocenters. The van der Waals surface area contributed by atoms with Gasteiger partial charge < -0.3 is 10.2 Å². The number of carbonyl (C=O) groups excluding carboxylic acids is 1. The van der Waals surface area contributed by atoms with Gasteiger partial charge in [0.25, 0.3) is 0 Å². The number of aromatic nitrogens is 1. The minimum absolute atomic E-state index is 0.00746. The van der Waals surface area contributed by atoms with Crippen molar-refractivity contribution in [3.8, 4) is 0 Å². The molecule has 2 N–H and O–H groups in total. The smallest absolute Gasteiger partial charge is 0.185 e. The average Bonchev–Trinajstić information content (AvgIpc) is 2.30. The summed E-state index contributed by atoms with van der Waals surface area (Å²) in [6.07, 6.45) is -0.137. The van der Waals surface area contributed by atoms with Gasteiger partial charge in [-0.3, -0.25) is 4.79 Å². The van der Waals surface area contributed by atoms with Crippen LogP contribution < -0.4 is 0 Å². The first kappa shape index (κ1) is 15.4. The largest absolute Gasteiger partial charge is 0.390 e. The van der Waals surface area contributed by atoms with Gasteiger partial charge in [0, 0.05) is 24.4 Å². The van der Waals surface area contributed by atoms with E-state index in [0.29, 0.717) is 17.7 Å². The highest BCUT2D eigenvalue weighted by atomic mass is 35.5. The van der Waals surface area contributed by atoms with Gasteiger partial charge in [-0.05, 0) is 25.0 Å². The Labute approximate surface area is 115 Å².